The minimum Gasteiger partial charge on any atom is -0.398 e. The number of hydrogen-bond donors (Lipinski definition) is 2. The molecule has 0 amide bonds. The molecule has 0 saturated carbocycles. The average molecular weight is 341 g/mol. The summed E-state index contributed by atoms with van der Waals surface area (Å²) < 4.78 is 32.9. The van der Waals surface area contributed by atoms with E-state index in [2.05, 4.69) is 0 Å². The molecule has 0 spiro atoms. The molecule has 0 aliphatic rings. The molecule has 1 aromatic rings. The molecule has 0 radical (unpaired) electrons. The summed E-state index contributed by atoms with van der Waals surface area (Å²) >= 11 is 0. The Kier molecular flexibility index (Phi) is 4.88. The maximum Gasteiger partial charge on any atom is 0.296 e. The van der Waals surface area contributed by atoms with E-state index in [-0.39, 0.29) is 0 Å². The third-order valence-corrected chi connectivity index (χ3v) is 4.08. The Morgan fingerprint density at radius 1 is 0.739 bits per heavy atom. The highest BCUT2D eigenvalue weighted by Gasteiger charge is 2.35. The highest BCUT2D eigenvalue weighted by atomic mass is 32.2. The number of Topliss-reactive ketones (excluding diaryl/α,β-unsaturated/α-hetero) is 4. The van der Waals surface area contributed by atoms with Gasteiger partial charge in [0.25, 0.3) is 10.1 Å². The van der Waals surface area contributed by atoms with E-state index in [4.69, 9.17) is 5.73 Å². The zero-order valence-electron chi connectivity index (χ0n) is 12.9. The summed E-state index contributed by atoms with van der Waals surface area (Å²) in [5.74, 6) is -3.36. The quantitative estimate of drug-likeness (QED) is 0.462. The molecule has 0 fully saturated rings. The summed E-state index contributed by atoms with van der Waals surface area (Å²) in [6, 6.07) is 0. The smallest absolute Gasteiger partial charge is 0.296 e. The van der Waals surface area contributed by atoms with Crippen LogP contribution in [0.15, 0.2) is 4.90 Å². The van der Waals surface area contributed by atoms with Crippen molar-refractivity contribution in [2.24, 2.45) is 0 Å². The second-order valence-corrected chi connectivity index (χ2v) is 6.30. The highest BCUT2D eigenvalue weighted by Crippen LogP contribution is 2.35. The monoisotopic (exact) mass is 341 g/mol. The highest BCUT2D eigenvalue weighted by molar-refractivity contribution is 7.86. The van der Waals surface area contributed by atoms with Gasteiger partial charge in [0.15, 0.2) is 23.1 Å². The number of benzene rings is 1. The van der Waals surface area contributed by atoms with Crippen LogP contribution in [0.1, 0.15) is 69.1 Å². The lowest BCUT2D eigenvalue weighted by molar-refractivity contribution is 0.0966. The van der Waals surface area contributed by atoms with Crippen molar-refractivity contribution in [3.63, 3.8) is 0 Å². The van der Waals surface area contributed by atoms with Crippen LogP contribution in [0, 0.1) is 0 Å². The van der Waals surface area contributed by atoms with Crippen molar-refractivity contribution >= 4 is 38.9 Å². The SMILES string of the molecule is CC(=O)c1c(N)c(C(C)=O)c(C(C)=O)c(S(=O)(=O)O)c1C(C)=O. The number of anilines is 1. The lowest BCUT2D eigenvalue weighted by atomic mass is 9.89. The summed E-state index contributed by atoms with van der Waals surface area (Å²) in [6.07, 6.45) is 0. The third-order valence-electron chi connectivity index (χ3n) is 3.16. The van der Waals surface area contributed by atoms with E-state index in [0.717, 1.165) is 27.7 Å². The lowest BCUT2D eigenvalue weighted by Crippen LogP contribution is -2.23. The molecule has 0 saturated heterocycles. The van der Waals surface area contributed by atoms with Gasteiger partial charge in [-0.3, -0.25) is 23.7 Å². The van der Waals surface area contributed by atoms with Gasteiger partial charge in [-0.2, -0.15) is 8.42 Å². The normalized spacial score (nSPS) is 11.2. The largest absolute Gasteiger partial charge is 0.398 e. The topological polar surface area (TPSA) is 149 Å². The standard InChI is InChI=1S/C14H15NO7S/c1-5(16)9-11(7(3)18)14(23(20,21)22)12(8(4)19)10(6(2)17)13(9)15/h15H2,1-4H3,(H,20,21,22). The minimum atomic E-state index is -5.08. The predicted octanol–water partition coefficient (Wildman–Crippen LogP) is 1.33. The minimum absolute atomic E-state index is 0.465. The first-order valence-electron chi connectivity index (χ1n) is 6.33. The van der Waals surface area contributed by atoms with Gasteiger partial charge < -0.3 is 5.73 Å². The van der Waals surface area contributed by atoms with Crippen LogP contribution in [0.3, 0.4) is 0 Å². The van der Waals surface area contributed by atoms with E-state index >= 15 is 0 Å². The Morgan fingerprint density at radius 3 is 1.17 bits per heavy atom. The second-order valence-electron chi connectivity index (χ2n) is 4.94. The van der Waals surface area contributed by atoms with Gasteiger partial charge in [-0.1, -0.05) is 0 Å². The van der Waals surface area contributed by atoms with Crippen LogP contribution in [-0.2, 0) is 10.1 Å². The molecule has 3 N–H and O–H groups in total. The van der Waals surface area contributed by atoms with E-state index in [9.17, 15) is 32.1 Å². The van der Waals surface area contributed by atoms with E-state index in [1.807, 2.05) is 0 Å². The van der Waals surface area contributed by atoms with Gasteiger partial charge in [-0.05, 0) is 27.7 Å². The fourth-order valence-electron chi connectivity index (χ4n) is 2.41. The van der Waals surface area contributed by atoms with Crippen LogP contribution in [-0.4, -0.2) is 36.1 Å². The molecule has 0 aliphatic heterocycles. The molecule has 0 aliphatic carbocycles. The Morgan fingerprint density at radius 2 is 1.00 bits per heavy atom. The Bertz CT molecular complexity index is 813. The Hall–Kier alpha value is -2.39. The molecule has 0 heterocycles. The third kappa shape index (κ3) is 3.20. The van der Waals surface area contributed by atoms with Crippen LogP contribution in [0.2, 0.25) is 0 Å². The molecule has 0 atom stereocenters. The molecule has 23 heavy (non-hydrogen) atoms. The molecule has 124 valence electrons. The zero-order valence-corrected chi connectivity index (χ0v) is 13.7. The summed E-state index contributed by atoms with van der Waals surface area (Å²) in [5, 5.41) is 0. The summed E-state index contributed by atoms with van der Waals surface area (Å²) in [4.78, 5) is 46.3. The van der Waals surface area contributed by atoms with Gasteiger partial charge in [0, 0.05) is 0 Å². The maximum atomic E-state index is 11.9. The number of carbonyl (C=O) groups is 4. The van der Waals surface area contributed by atoms with Gasteiger partial charge in [0.1, 0.15) is 4.90 Å². The van der Waals surface area contributed by atoms with Crippen LogP contribution in [0.4, 0.5) is 5.69 Å². The fraction of sp³-hybridized carbons (Fsp3) is 0.286. The van der Waals surface area contributed by atoms with Crippen molar-refractivity contribution in [2.75, 3.05) is 5.73 Å². The Labute approximate surface area is 132 Å². The first kappa shape index (κ1) is 18.7. The van der Waals surface area contributed by atoms with Gasteiger partial charge in [0.2, 0.25) is 0 Å². The predicted molar refractivity (Wildman–Crippen MR) is 80.7 cm³/mol. The average Bonchev–Trinajstić information content (AvgIpc) is 2.33. The van der Waals surface area contributed by atoms with E-state index < -0.39 is 66.1 Å². The van der Waals surface area contributed by atoms with Gasteiger partial charge in [-0.15, -0.1) is 0 Å². The summed E-state index contributed by atoms with van der Waals surface area (Å²) in [5.41, 5.74) is 2.86. The van der Waals surface area contributed by atoms with Crippen molar-refractivity contribution < 1.29 is 32.1 Å². The van der Waals surface area contributed by atoms with Crippen LogP contribution in [0.25, 0.3) is 0 Å². The van der Waals surface area contributed by atoms with Crippen molar-refractivity contribution in [1.82, 2.24) is 0 Å². The van der Waals surface area contributed by atoms with Crippen LogP contribution < -0.4 is 5.73 Å². The number of rotatable bonds is 5. The first-order valence-corrected chi connectivity index (χ1v) is 7.77. The van der Waals surface area contributed by atoms with E-state index in [1.54, 1.807) is 0 Å². The van der Waals surface area contributed by atoms with Crippen LogP contribution in [0.5, 0.6) is 0 Å². The van der Waals surface area contributed by atoms with Crippen molar-refractivity contribution in [2.45, 2.75) is 32.6 Å². The molecule has 9 heteroatoms. The molecule has 0 unspecified atom stereocenters. The van der Waals surface area contributed by atoms with Crippen molar-refractivity contribution in [3.8, 4) is 0 Å². The zero-order chi connectivity index (χ0) is 18.3. The maximum absolute atomic E-state index is 11.9. The van der Waals surface area contributed by atoms with Crippen molar-refractivity contribution in [1.29, 1.82) is 0 Å². The molecule has 8 nitrogen and oxygen atoms in total. The van der Waals surface area contributed by atoms with E-state index in [0.29, 0.717) is 0 Å². The van der Waals surface area contributed by atoms with E-state index in [1.165, 1.54) is 0 Å². The number of hydrogen-bond acceptors (Lipinski definition) is 7. The molecule has 0 aromatic heterocycles. The van der Waals surface area contributed by atoms with Gasteiger partial charge in [-0.25, -0.2) is 0 Å². The molecule has 1 aromatic carbocycles. The molecule has 1 rings (SSSR count). The van der Waals surface area contributed by atoms with Crippen molar-refractivity contribution in [3.05, 3.63) is 22.3 Å². The molecular weight excluding hydrogens is 326 g/mol. The second kappa shape index (κ2) is 6.01. The summed E-state index contributed by atoms with van der Waals surface area (Å²) in [6.45, 7) is 3.94. The first-order chi connectivity index (χ1) is 10.3. The lowest BCUT2D eigenvalue weighted by Gasteiger charge is -2.19. The molecule has 0 bridgehead atoms. The number of ketones is 4. The Balaban J connectivity index is 4.47. The number of nitrogen functional groups attached to an aromatic ring is 1. The summed E-state index contributed by atoms with van der Waals surface area (Å²) in [7, 11) is -5.08. The molecular formula is C14H15NO7S. The van der Waals surface area contributed by atoms with Gasteiger partial charge in [0.05, 0.1) is 27.9 Å². The van der Waals surface area contributed by atoms with Crippen LogP contribution >= 0.6 is 0 Å². The number of carbonyl (C=O) groups excluding carboxylic acids is 4. The van der Waals surface area contributed by atoms with Gasteiger partial charge >= 0.3 is 0 Å². The fourth-order valence-corrected chi connectivity index (χ4v) is 3.42. The number of nitrogens with two attached hydrogens (primary N) is 1.